The monoisotopic (exact) mass is 273 g/mol. The molecule has 2 N–H and O–H groups in total. The summed E-state index contributed by atoms with van der Waals surface area (Å²) in [6, 6.07) is 1.73. The van der Waals surface area contributed by atoms with Gasteiger partial charge in [0.1, 0.15) is 0 Å². The third-order valence-corrected chi connectivity index (χ3v) is 2.70. The van der Waals surface area contributed by atoms with Crippen LogP contribution in [-0.4, -0.2) is 31.7 Å². The van der Waals surface area contributed by atoms with E-state index in [-0.39, 0.29) is 16.3 Å². The van der Waals surface area contributed by atoms with E-state index in [2.05, 4.69) is 5.32 Å². The van der Waals surface area contributed by atoms with E-state index in [0.29, 0.717) is 12.2 Å². The molecular formula is C11H12ClNO5. The van der Waals surface area contributed by atoms with Gasteiger partial charge in [-0.3, -0.25) is 4.79 Å². The van der Waals surface area contributed by atoms with Gasteiger partial charge in [-0.15, -0.1) is 0 Å². The van der Waals surface area contributed by atoms with E-state index in [0.717, 1.165) is 0 Å². The number of carbonyl (C=O) groups is 2. The predicted octanol–water partition coefficient (Wildman–Crippen LogP) is 1.23. The van der Waals surface area contributed by atoms with Crippen LogP contribution in [0.2, 0.25) is 5.02 Å². The first kappa shape index (κ1) is 14.1. The van der Waals surface area contributed by atoms with Crippen LogP contribution in [-0.2, 0) is 9.59 Å². The Morgan fingerprint density at radius 2 is 2.11 bits per heavy atom. The second-order valence-electron chi connectivity index (χ2n) is 3.26. The second kappa shape index (κ2) is 6.11. The Labute approximate surface area is 108 Å². The number of ether oxygens (including phenoxy) is 2. The summed E-state index contributed by atoms with van der Waals surface area (Å²) in [5.41, 5.74) is 0.217. The smallest absolute Gasteiger partial charge is 0.330 e. The van der Waals surface area contributed by atoms with E-state index in [9.17, 15) is 9.59 Å². The summed E-state index contributed by atoms with van der Waals surface area (Å²) in [7, 11) is 2.82. The molecule has 1 aromatic rings. The highest BCUT2D eigenvalue weighted by molar-refractivity contribution is 6.33. The van der Waals surface area contributed by atoms with Crippen molar-refractivity contribution in [3.05, 3.63) is 22.7 Å². The van der Waals surface area contributed by atoms with Crippen molar-refractivity contribution in [3.8, 4) is 11.5 Å². The second-order valence-corrected chi connectivity index (χ2v) is 3.64. The highest BCUT2D eigenvalue weighted by atomic mass is 35.5. The maximum Gasteiger partial charge on any atom is 0.330 e. The molecule has 0 saturated heterocycles. The largest absolute Gasteiger partial charge is 0.493 e. The lowest BCUT2D eigenvalue weighted by Crippen LogP contribution is -2.27. The highest BCUT2D eigenvalue weighted by Crippen LogP contribution is 2.39. The summed E-state index contributed by atoms with van der Waals surface area (Å²) in [6.07, 6.45) is 0.297. The van der Waals surface area contributed by atoms with Crippen LogP contribution < -0.4 is 14.8 Å². The van der Waals surface area contributed by atoms with Crippen LogP contribution in [0.3, 0.4) is 0 Å². The van der Waals surface area contributed by atoms with Crippen molar-refractivity contribution >= 4 is 24.0 Å². The van der Waals surface area contributed by atoms with Crippen molar-refractivity contribution < 1.29 is 24.2 Å². The van der Waals surface area contributed by atoms with Crippen LogP contribution in [0.4, 0.5) is 0 Å². The third kappa shape index (κ3) is 2.65. The van der Waals surface area contributed by atoms with Gasteiger partial charge in [-0.1, -0.05) is 17.7 Å². The molecule has 1 atom stereocenters. The van der Waals surface area contributed by atoms with Crippen molar-refractivity contribution in [1.82, 2.24) is 5.32 Å². The first-order valence-corrected chi connectivity index (χ1v) is 5.27. The van der Waals surface area contributed by atoms with E-state index >= 15 is 0 Å². The molecule has 0 saturated carbocycles. The molecule has 0 aromatic heterocycles. The van der Waals surface area contributed by atoms with Gasteiger partial charge in [-0.25, -0.2) is 4.79 Å². The Hall–Kier alpha value is -1.95. The maximum atomic E-state index is 11.0. The minimum atomic E-state index is -1.24. The molecule has 98 valence electrons. The zero-order chi connectivity index (χ0) is 13.7. The molecule has 0 bridgehead atoms. The minimum absolute atomic E-state index is 0.0820. The lowest BCUT2D eigenvalue weighted by atomic mass is 10.1. The normalized spacial score (nSPS) is 11.5. The quantitative estimate of drug-likeness (QED) is 0.762. The van der Waals surface area contributed by atoms with Gasteiger partial charge < -0.3 is 19.9 Å². The van der Waals surface area contributed by atoms with Gasteiger partial charge in [-0.2, -0.15) is 0 Å². The zero-order valence-electron chi connectivity index (χ0n) is 9.77. The molecule has 18 heavy (non-hydrogen) atoms. The van der Waals surface area contributed by atoms with Crippen molar-refractivity contribution in [1.29, 1.82) is 0 Å². The van der Waals surface area contributed by atoms with E-state index in [4.69, 9.17) is 26.2 Å². The molecule has 0 radical (unpaired) electrons. The van der Waals surface area contributed by atoms with Gasteiger partial charge in [0, 0.05) is 5.56 Å². The Kier molecular flexibility index (Phi) is 4.79. The molecule has 6 nitrogen and oxygen atoms in total. The van der Waals surface area contributed by atoms with Crippen molar-refractivity contribution in [2.75, 3.05) is 14.2 Å². The number of benzene rings is 1. The van der Waals surface area contributed by atoms with Crippen molar-refractivity contribution in [2.24, 2.45) is 0 Å². The number of hydrogen-bond acceptors (Lipinski definition) is 4. The molecule has 0 heterocycles. The molecular weight excluding hydrogens is 262 g/mol. The van der Waals surface area contributed by atoms with Gasteiger partial charge in [0.15, 0.2) is 17.5 Å². The number of carboxylic acid groups (broad SMARTS) is 1. The molecule has 0 aliphatic rings. The van der Waals surface area contributed by atoms with Crippen molar-refractivity contribution in [2.45, 2.75) is 6.04 Å². The summed E-state index contributed by atoms with van der Waals surface area (Å²) >= 11 is 6.04. The van der Waals surface area contributed by atoms with Gasteiger partial charge >= 0.3 is 5.97 Å². The van der Waals surface area contributed by atoms with Crippen LogP contribution in [0.1, 0.15) is 11.6 Å². The number of carboxylic acids is 1. The Balaban J connectivity index is 3.32. The summed E-state index contributed by atoms with van der Waals surface area (Å²) < 4.78 is 10.1. The number of hydrogen-bond donors (Lipinski definition) is 2. The molecule has 7 heteroatoms. The molecule has 1 amide bonds. The molecule has 1 rings (SSSR count). The van der Waals surface area contributed by atoms with Gasteiger partial charge in [0.2, 0.25) is 6.41 Å². The maximum absolute atomic E-state index is 11.0. The molecule has 0 aliphatic carbocycles. The Bertz CT molecular complexity index is 463. The number of aliphatic carboxylic acids is 1. The summed E-state index contributed by atoms with van der Waals surface area (Å²) in [5, 5.41) is 11.3. The Morgan fingerprint density at radius 3 is 2.56 bits per heavy atom. The van der Waals surface area contributed by atoms with Crippen LogP contribution in [0, 0.1) is 0 Å². The van der Waals surface area contributed by atoms with Crippen LogP contribution >= 0.6 is 11.6 Å². The lowest BCUT2D eigenvalue weighted by Gasteiger charge is -2.17. The summed E-state index contributed by atoms with van der Waals surface area (Å²) in [6.45, 7) is 0. The van der Waals surface area contributed by atoms with E-state index < -0.39 is 12.0 Å². The van der Waals surface area contributed by atoms with Crippen molar-refractivity contribution in [3.63, 3.8) is 0 Å². The molecule has 0 fully saturated rings. The standard InChI is InChI=1S/C11H12ClNO5/c1-17-7-4-3-6(8(12)10(7)18-2)9(11(15)16)13-5-14/h3-5,9H,1-2H3,(H,13,14)(H,15,16). The fraction of sp³-hybridized carbons (Fsp3) is 0.273. The Morgan fingerprint density at radius 1 is 1.44 bits per heavy atom. The third-order valence-electron chi connectivity index (χ3n) is 2.31. The average Bonchev–Trinajstić information content (AvgIpc) is 2.35. The molecule has 1 unspecified atom stereocenters. The fourth-order valence-corrected chi connectivity index (χ4v) is 1.83. The number of amides is 1. The number of rotatable bonds is 6. The van der Waals surface area contributed by atoms with E-state index in [1.54, 1.807) is 0 Å². The predicted molar refractivity (Wildman–Crippen MR) is 64.1 cm³/mol. The van der Waals surface area contributed by atoms with Gasteiger partial charge in [0.05, 0.1) is 19.2 Å². The van der Waals surface area contributed by atoms with Crippen LogP contribution in [0.25, 0.3) is 0 Å². The SMILES string of the molecule is COc1ccc(C(NC=O)C(=O)O)c(Cl)c1OC. The van der Waals surface area contributed by atoms with Crippen LogP contribution in [0.5, 0.6) is 11.5 Å². The topological polar surface area (TPSA) is 84.9 Å². The number of carbonyl (C=O) groups excluding carboxylic acids is 1. The number of nitrogens with one attached hydrogen (secondary N) is 1. The average molecular weight is 274 g/mol. The van der Waals surface area contributed by atoms with Crippen LogP contribution in [0.15, 0.2) is 12.1 Å². The van der Waals surface area contributed by atoms with Gasteiger partial charge in [-0.05, 0) is 6.07 Å². The first-order chi connectivity index (χ1) is 8.56. The fourth-order valence-electron chi connectivity index (χ4n) is 1.49. The molecule has 0 aliphatic heterocycles. The van der Waals surface area contributed by atoms with Gasteiger partial charge in [0.25, 0.3) is 0 Å². The van der Waals surface area contributed by atoms with E-state index in [1.165, 1.54) is 26.4 Å². The number of halogens is 1. The zero-order valence-corrected chi connectivity index (χ0v) is 10.5. The van der Waals surface area contributed by atoms with E-state index in [1.807, 2.05) is 0 Å². The summed E-state index contributed by atoms with van der Waals surface area (Å²) in [4.78, 5) is 21.5. The summed E-state index contributed by atoms with van der Waals surface area (Å²) in [5.74, 6) is -0.631. The minimum Gasteiger partial charge on any atom is -0.493 e. The number of methoxy groups -OCH3 is 2. The lowest BCUT2D eigenvalue weighted by molar-refractivity contribution is -0.140. The highest BCUT2D eigenvalue weighted by Gasteiger charge is 2.25. The molecule has 1 aromatic carbocycles. The first-order valence-electron chi connectivity index (χ1n) is 4.89. The molecule has 0 spiro atoms.